The van der Waals surface area contributed by atoms with E-state index in [0.717, 1.165) is 11.1 Å². The van der Waals surface area contributed by atoms with Crippen LogP contribution < -0.4 is 9.47 Å². The number of ether oxygens (including phenoxy) is 2. The Morgan fingerprint density at radius 2 is 1.93 bits per heavy atom. The van der Waals surface area contributed by atoms with E-state index in [0.29, 0.717) is 36.6 Å². The van der Waals surface area contributed by atoms with Crippen LogP contribution >= 0.6 is 0 Å². The predicted octanol–water partition coefficient (Wildman–Crippen LogP) is 3.36. The number of aliphatic carboxylic acids is 1. The van der Waals surface area contributed by atoms with Crippen molar-refractivity contribution in [2.45, 2.75) is 19.4 Å². The Balaban J connectivity index is 1.81. The Hall–Kier alpha value is -3.28. The van der Waals surface area contributed by atoms with Gasteiger partial charge in [-0.1, -0.05) is 42.5 Å². The van der Waals surface area contributed by atoms with Crippen LogP contribution in [0.25, 0.3) is 6.08 Å². The van der Waals surface area contributed by atoms with Crippen LogP contribution in [0.15, 0.2) is 54.1 Å². The van der Waals surface area contributed by atoms with Gasteiger partial charge >= 0.3 is 5.97 Å². The molecule has 2 aromatic rings. The molecule has 1 amide bonds. The fourth-order valence-electron chi connectivity index (χ4n) is 3.14. The molecule has 0 aliphatic carbocycles. The van der Waals surface area contributed by atoms with Crippen molar-refractivity contribution in [3.63, 3.8) is 0 Å². The van der Waals surface area contributed by atoms with Gasteiger partial charge in [0.05, 0.1) is 12.7 Å². The molecule has 6 heteroatoms. The molecule has 1 aliphatic heterocycles. The number of amides is 1. The van der Waals surface area contributed by atoms with Crippen molar-refractivity contribution < 1.29 is 24.2 Å². The lowest BCUT2D eigenvalue weighted by Crippen LogP contribution is -2.35. The number of rotatable bonds is 8. The van der Waals surface area contributed by atoms with E-state index in [1.54, 1.807) is 12.0 Å². The lowest BCUT2D eigenvalue weighted by molar-refractivity contribution is -0.137. The van der Waals surface area contributed by atoms with Crippen molar-refractivity contribution >= 4 is 18.0 Å². The highest BCUT2D eigenvalue weighted by atomic mass is 16.5. The topological polar surface area (TPSA) is 76.1 Å². The lowest BCUT2D eigenvalue weighted by Gasteiger charge is -2.26. The van der Waals surface area contributed by atoms with Gasteiger partial charge in [-0.15, -0.1) is 0 Å². The standard InChI is InChI=1S/C22H23NO5/c1-27-19-10-5-9-17-13-18(15-28-21(17)19)22(26)23(12-6-11-20(24)25)14-16-7-3-2-4-8-16/h2-5,7-10,13H,6,11-12,14-15H2,1H3,(H,24,25). The van der Waals surface area contributed by atoms with Crippen molar-refractivity contribution in [2.75, 3.05) is 20.3 Å². The molecule has 1 N–H and O–H groups in total. The molecule has 6 nitrogen and oxygen atoms in total. The summed E-state index contributed by atoms with van der Waals surface area (Å²) in [6.45, 7) is 0.931. The molecule has 1 heterocycles. The number of nitrogens with zero attached hydrogens (tertiary/aromatic N) is 1. The first-order valence-electron chi connectivity index (χ1n) is 9.14. The third kappa shape index (κ3) is 4.71. The summed E-state index contributed by atoms with van der Waals surface area (Å²) in [5.41, 5.74) is 2.32. The Labute approximate surface area is 164 Å². The zero-order valence-corrected chi connectivity index (χ0v) is 15.8. The van der Waals surface area contributed by atoms with Crippen molar-refractivity contribution in [2.24, 2.45) is 0 Å². The molecule has 1 aliphatic rings. The average molecular weight is 381 g/mol. The Morgan fingerprint density at radius 1 is 1.14 bits per heavy atom. The van der Waals surface area contributed by atoms with Gasteiger partial charge in [0, 0.05) is 25.1 Å². The molecule has 2 aromatic carbocycles. The summed E-state index contributed by atoms with van der Waals surface area (Å²) in [5.74, 6) is 0.237. The number of benzene rings is 2. The van der Waals surface area contributed by atoms with E-state index in [2.05, 4.69) is 0 Å². The summed E-state index contributed by atoms with van der Waals surface area (Å²) in [6, 6.07) is 15.2. The molecule has 0 saturated carbocycles. The highest BCUT2D eigenvalue weighted by Gasteiger charge is 2.24. The SMILES string of the molecule is COc1cccc2c1OCC(C(=O)N(CCCC(=O)O)Cc1ccccc1)=C2. The van der Waals surface area contributed by atoms with Gasteiger partial charge in [-0.05, 0) is 24.1 Å². The van der Waals surface area contributed by atoms with Gasteiger partial charge in [-0.25, -0.2) is 0 Å². The number of fused-ring (bicyclic) bond motifs is 1. The van der Waals surface area contributed by atoms with Crippen LogP contribution in [0, 0.1) is 0 Å². The van der Waals surface area contributed by atoms with Crippen LogP contribution in [0.5, 0.6) is 11.5 Å². The maximum Gasteiger partial charge on any atom is 0.303 e. The summed E-state index contributed by atoms with van der Waals surface area (Å²) in [4.78, 5) is 25.7. The number of methoxy groups -OCH3 is 1. The molecule has 0 saturated heterocycles. The van der Waals surface area contributed by atoms with Crippen LogP contribution in [0.3, 0.4) is 0 Å². The number of carbonyl (C=O) groups is 2. The highest BCUT2D eigenvalue weighted by molar-refractivity contribution is 5.99. The fraction of sp³-hybridized carbons (Fsp3) is 0.273. The van der Waals surface area contributed by atoms with E-state index in [1.807, 2.05) is 54.6 Å². The average Bonchev–Trinajstić information content (AvgIpc) is 2.72. The minimum atomic E-state index is -0.867. The van der Waals surface area contributed by atoms with Crippen molar-refractivity contribution in [1.82, 2.24) is 4.90 Å². The Bertz CT molecular complexity index is 876. The van der Waals surface area contributed by atoms with Crippen LogP contribution in [-0.2, 0) is 16.1 Å². The second-order valence-electron chi connectivity index (χ2n) is 6.55. The number of carboxylic acids is 1. The van der Waals surface area contributed by atoms with E-state index < -0.39 is 5.97 Å². The predicted molar refractivity (Wildman–Crippen MR) is 105 cm³/mol. The normalized spacial score (nSPS) is 12.4. The summed E-state index contributed by atoms with van der Waals surface area (Å²) < 4.78 is 11.1. The third-order valence-corrected chi connectivity index (χ3v) is 4.53. The van der Waals surface area contributed by atoms with E-state index >= 15 is 0 Å². The van der Waals surface area contributed by atoms with Gasteiger partial charge in [0.1, 0.15) is 6.61 Å². The molecule has 0 fully saturated rings. The molecular formula is C22H23NO5. The van der Waals surface area contributed by atoms with Crippen molar-refractivity contribution in [3.8, 4) is 11.5 Å². The van der Waals surface area contributed by atoms with E-state index in [-0.39, 0.29) is 18.9 Å². The molecule has 28 heavy (non-hydrogen) atoms. The molecule has 0 unspecified atom stereocenters. The van der Waals surface area contributed by atoms with Crippen LogP contribution in [-0.4, -0.2) is 42.1 Å². The highest BCUT2D eigenvalue weighted by Crippen LogP contribution is 2.35. The molecule has 0 bridgehead atoms. The smallest absolute Gasteiger partial charge is 0.303 e. The monoisotopic (exact) mass is 381 g/mol. The van der Waals surface area contributed by atoms with Crippen molar-refractivity contribution in [3.05, 3.63) is 65.2 Å². The molecular weight excluding hydrogens is 358 g/mol. The maximum atomic E-state index is 13.1. The zero-order valence-electron chi connectivity index (χ0n) is 15.8. The number of carbonyl (C=O) groups excluding carboxylic acids is 1. The Morgan fingerprint density at radius 3 is 2.64 bits per heavy atom. The number of carboxylic acid groups (broad SMARTS) is 1. The second kappa shape index (κ2) is 9.08. The molecule has 146 valence electrons. The largest absolute Gasteiger partial charge is 0.493 e. The zero-order chi connectivity index (χ0) is 19.9. The molecule has 3 rings (SSSR count). The van der Waals surface area contributed by atoms with E-state index in [9.17, 15) is 9.59 Å². The molecule has 0 spiro atoms. The van der Waals surface area contributed by atoms with Gasteiger partial charge in [0.25, 0.3) is 5.91 Å². The summed E-state index contributed by atoms with van der Waals surface area (Å²) in [6.07, 6.45) is 2.24. The summed E-state index contributed by atoms with van der Waals surface area (Å²) >= 11 is 0. The second-order valence-corrected chi connectivity index (χ2v) is 6.55. The van der Waals surface area contributed by atoms with Gasteiger partial charge in [0.15, 0.2) is 11.5 Å². The molecule has 0 atom stereocenters. The molecule has 0 radical (unpaired) electrons. The maximum absolute atomic E-state index is 13.1. The fourth-order valence-corrected chi connectivity index (χ4v) is 3.14. The first-order chi connectivity index (χ1) is 13.6. The first kappa shape index (κ1) is 19.5. The minimum absolute atomic E-state index is 0.0220. The lowest BCUT2D eigenvalue weighted by atomic mass is 10.1. The molecule has 0 aromatic heterocycles. The van der Waals surface area contributed by atoms with Crippen LogP contribution in [0.2, 0.25) is 0 Å². The summed E-state index contributed by atoms with van der Waals surface area (Å²) in [5, 5.41) is 8.92. The minimum Gasteiger partial charge on any atom is -0.493 e. The van der Waals surface area contributed by atoms with Gasteiger partial charge < -0.3 is 19.5 Å². The van der Waals surface area contributed by atoms with E-state index in [4.69, 9.17) is 14.6 Å². The number of hydrogen-bond donors (Lipinski definition) is 1. The number of hydrogen-bond acceptors (Lipinski definition) is 4. The third-order valence-electron chi connectivity index (χ3n) is 4.53. The van der Waals surface area contributed by atoms with Crippen LogP contribution in [0.4, 0.5) is 0 Å². The van der Waals surface area contributed by atoms with Crippen molar-refractivity contribution in [1.29, 1.82) is 0 Å². The summed E-state index contributed by atoms with van der Waals surface area (Å²) in [7, 11) is 1.58. The first-order valence-corrected chi connectivity index (χ1v) is 9.14. The van der Waals surface area contributed by atoms with E-state index in [1.165, 1.54) is 0 Å². The van der Waals surface area contributed by atoms with Crippen LogP contribution in [0.1, 0.15) is 24.0 Å². The van der Waals surface area contributed by atoms with Gasteiger partial charge in [-0.2, -0.15) is 0 Å². The van der Waals surface area contributed by atoms with Gasteiger partial charge in [-0.3, -0.25) is 9.59 Å². The quantitative estimate of drug-likeness (QED) is 0.759. The number of para-hydroxylation sites is 1. The Kier molecular flexibility index (Phi) is 6.32. The van der Waals surface area contributed by atoms with Gasteiger partial charge in [0.2, 0.25) is 0 Å².